The van der Waals surface area contributed by atoms with Crippen molar-refractivity contribution in [1.82, 2.24) is 9.55 Å². The number of carbonyl (C=O) groups is 1. The summed E-state index contributed by atoms with van der Waals surface area (Å²) in [4.78, 5) is 28.9. The molecule has 0 saturated heterocycles. The Hall–Kier alpha value is -2.52. The van der Waals surface area contributed by atoms with Crippen LogP contribution in [-0.2, 0) is 16.1 Å². The van der Waals surface area contributed by atoms with Crippen LogP contribution in [0.4, 0.5) is 0 Å². The molecule has 0 bridgehead atoms. The highest BCUT2D eigenvalue weighted by atomic mass is 32.2. The zero-order valence-corrected chi connectivity index (χ0v) is 15.4. The third-order valence-corrected chi connectivity index (χ3v) is 5.70. The zero-order chi connectivity index (χ0) is 18.1. The van der Waals surface area contributed by atoms with Crippen LogP contribution in [0.5, 0.6) is 11.5 Å². The Bertz CT molecular complexity index is 1040. The van der Waals surface area contributed by atoms with Crippen LogP contribution >= 0.6 is 23.1 Å². The number of esters is 1. The van der Waals surface area contributed by atoms with Gasteiger partial charge in [-0.05, 0) is 29.1 Å². The van der Waals surface area contributed by atoms with Gasteiger partial charge in [-0.25, -0.2) is 4.98 Å². The lowest BCUT2D eigenvalue weighted by Gasteiger charge is -2.12. The van der Waals surface area contributed by atoms with Crippen LogP contribution in [0.2, 0.25) is 0 Å². The van der Waals surface area contributed by atoms with Crippen molar-refractivity contribution in [3.63, 3.8) is 0 Å². The summed E-state index contributed by atoms with van der Waals surface area (Å²) in [6.45, 7) is 0.515. The number of hydrogen-bond donors (Lipinski definition) is 0. The lowest BCUT2D eigenvalue weighted by atomic mass is 10.2. The topological polar surface area (TPSA) is 79.7 Å². The molecule has 3 heterocycles. The van der Waals surface area contributed by atoms with Crippen LogP contribution < -0.4 is 15.0 Å². The molecular weight excluding hydrogens is 376 g/mol. The van der Waals surface area contributed by atoms with Crippen molar-refractivity contribution < 1.29 is 19.0 Å². The SMILES string of the molecule is COC(=O)CSc1nc2ccsc2c(=O)n1Cc1ccc2c(c1)OCO2. The number of nitrogens with zero attached hydrogens (tertiary/aromatic N) is 2. The summed E-state index contributed by atoms with van der Waals surface area (Å²) in [5.74, 6) is 1.06. The number of thiophene rings is 1. The van der Waals surface area contributed by atoms with Gasteiger partial charge in [-0.1, -0.05) is 17.8 Å². The highest BCUT2D eigenvalue weighted by Crippen LogP contribution is 2.33. The highest BCUT2D eigenvalue weighted by Gasteiger charge is 2.17. The molecule has 1 aliphatic rings. The fraction of sp³-hybridized carbons (Fsp3) is 0.235. The maximum atomic E-state index is 12.9. The fourth-order valence-corrected chi connectivity index (χ4v) is 4.19. The van der Waals surface area contributed by atoms with Gasteiger partial charge in [0.25, 0.3) is 5.56 Å². The van der Waals surface area contributed by atoms with Crippen LogP contribution in [0.1, 0.15) is 5.56 Å². The number of rotatable bonds is 5. The van der Waals surface area contributed by atoms with E-state index >= 15 is 0 Å². The summed E-state index contributed by atoms with van der Waals surface area (Å²) in [5.41, 5.74) is 1.39. The number of carbonyl (C=O) groups excluding carboxylic acids is 1. The molecule has 9 heteroatoms. The Morgan fingerprint density at radius 3 is 3.04 bits per heavy atom. The van der Waals surface area contributed by atoms with E-state index in [0.29, 0.717) is 33.4 Å². The molecule has 0 N–H and O–H groups in total. The Morgan fingerprint density at radius 1 is 1.35 bits per heavy atom. The van der Waals surface area contributed by atoms with E-state index < -0.39 is 0 Å². The number of methoxy groups -OCH3 is 1. The van der Waals surface area contributed by atoms with E-state index in [-0.39, 0.29) is 24.1 Å². The highest BCUT2D eigenvalue weighted by molar-refractivity contribution is 7.99. The van der Waals surface area contributed by atoms with Crippen molar-refractivity contribution in [2.45, 2.75) is 11.7 Å². The molecule has 0 atom stereocenters. The van der Waals surface area contributed by atoms with Gasteiger partial charge in [0.05, 0.1) is 24.9 Å². The minimum Gasteiger partial charge on any atom is -0.468 e. The standard InChI is InChI=1S/C17H14N2O5S2/c1-22-14(20)8-26-17-18-11-4-5-25-15(11)16(21)19(17)7-10-2-3-12-13(6-10)24-9-23-12/h2-6H,7-9H2,1H3. The fourth-order valence-electron chi connectivity index (χ4n) is 2.58. The van der Waals surface area contributed by atoms with E-state index in [1.54, 1.807) is 10.6 Å². The van der Waals surface area contributed by atoms with Crippen molar-refractivity contribution >= 4 is 39.3 Å². The Kier molecular flexibility index (Phi) is 4.56. The molecule has 0 saturated carbocycles. The monoisotopic (exact) mass is 390 g/mol. The van der Waals surface area contributed by atoms with Crippen molar-refractivity contribution in [2.24, 2.45) is 0 Å². The maximum Gasteiger partial charge on any atom is 0.316 e. The zero-order valence-electron chi connectivity index (χ0n) is 13.8. The van der Waals surface area contributed by atoms with Crippen LogP contribution in [0.15, 0.2) is 39.6 Å². The van der Waals surface area contributed by atoms with Crippen LogP contribution in [0, 0.1) is 0 Å². The summed E-state index contributed by atoms with van der Waals surface area (Å²) in [6, 6.07) is 7.35. The number of aromatic nitrogens is 2. The first kappa shape index (κ1) is 16.9. The smallest absolute Gasteiger partial charge is 0.316 e. The lowest BCUT2D eigenvalue weighted by Crippen LogP contribution is -2.23. The second-order valence-corrected chi connectivity index (χ2v) is 7.33. The van der Waals surface area contributed by atoms with E-state index in [9.17, 15) is 9.59 Å². The Balaban J connectivity index is 1.73. The average molecular weight is 390 g/mol. The van der Waals surface area contributed by atoms with Crippen molar-refractivity contribution in [3.05, 3.63) is 45.6 Å². The molecule has 1 aliphatic heterocycles. The molecule has 26 heavy (non-hydrogen) atoms. The Morgan fingerprint density at radius 2 is 2.19 bits per heavy atom. The third kappa shape index (κ3) is 3.15. The molecule has 7 nitrogen and oxygen atoms in total. The predicted octanol–water partition coefficient (Wildman–Crippen LogP) is 2.50. The lowest BCUT2D eigenvalue weighted by molar-refractivity contribution is -0.137. The van der Waals surface area contributed by atoms with Crippen molar-refractivity contribution in [3.8, 4) is 11.5 Å². The molecular formula is C17H14N2O5S2. The molecule has 3 aromatic rings. The first-order valence-corrected chi connectivity index (χ1v) is 9.58. The molecule has 0 radical (unpaired) electrons. The molecule has 0 unspecified atom stereocenters. The van der Waals surface area contributed by atoms with Gasteiger partial charge in [-0.2, -0.15) is 0 Å². The van der Waals surface area contributed by atoms with E-state index in [4.69, 9.17) is 9.47 Å². The number of fused-ring (bicyclic) bond motifs is 2. The molecule has 0 fully saturated rings. The summed E-state index contributed by atoms with van der Waals surface area (Å²) >= 11 is 2.54. The van der Waals surface area contributed by atoms with Crippen LogP contribution in [0.3, 0.4) is 0 Å². The first-order valence-electron chi connectivity index (χ1n) is 7.72. The molecule has 0 spiro atoms. The third-order valence-electron chi connectivity index (χ3n) is 3.86. The van der Waals surface area contributed by atoms with Gasteiger partial charge >= 0.3 is 5.97 Å². The van der Waals surface area contributed by atoms with E-state index in [1.807, 2.05) is 23.6 Å². The molecule has 2 aromatic heterocycles. The predicted molar refractivity (Wildman–Crippen MR) is 98.3 cm³/mol. The van der Waals surface area contributed by atoms with Gasteiger partial charge in [0.1, 0.15) is 4.70 Å². The van der Waals surface area contributed by atoms with E-state index in [2.05, 4.69) is 9.72 Å². The van der Waals surface area contributed by atoms with Gasteiger partial charge in [-0.3, -0.25) is 14.2 Å². The molecule has 0 aliphatic carbocycles. The van der Waals surface area contributed by atoms with Crippen LogP contribution in [-0.4, -0.2) is 35.2 Å². The van der Waals surface area contributed by atoms with E-state index in [0.717, 1.165) is 5.56 Å². The second kappa shape index (κ2) is 7.00. The number of thioether (sulfide) groups is 1. The normalized spacial score (nSPS) is 12.5. The van der Waals surface area contributed by atoms with Gasteiger partial charge in [0.2, 0.25) is 6.79 Å². The van der Waals surface area contributed by atoms with Crippen molar-refractivity contribution in [1.29, 1.82) is 0 Å². The summed E-state index contributed by atoms with van der Waals surface area (Å²) in [5, 5.41) is 2.31. The summed E-state index contributed by atoms with van der Waals surface area (Å²) in [7, 11) is 1.33. The average Bonchev–Trinajstić information content (AvgIpc) is 3.30. The number of ether oxygens (including phenoxy) is 3. The minimum atomic E-state index is -0.371. The second-order valence-electron chi connectivity index (χ2n) is 5.47. The summed E-state index contributed by atoms with van der Waals surface area (Å²) < 4.78 is 17.6. The van der Waals surface area contributed by atoms with Gasteiger partial charge in [0.15, 0.2) is 16.7 Å². The van der Waals surface area contributed by atoms with Gasteiger partial charge in [-0.15, -0.1) is 11.3 Å². The molecule has 134 valence electrons. The number of benzene rings is 1. The van der Waals surface area contributed by atoms with Gasteiger partial charge in [0, 0.05) is 0 Å². The summed E-state index contributed by atoms with van der Waals surface area (Å²) in [6.07, 6.45) is 0. The largest absolute Gasteiger partial charge is 0.468 e. The quantitative estimate of drug-likeness (QED) is 0.376. The van der Waals surface area contributed by atoms with Crippen molar-refractivity contribution in [2.75, 3.05) is 19.7 Å². The van der Waals surface area contributed by atoms with E-state index in [1.165, 1.54) is 30.2 Å². The van der Waals surface area contributed by atoms with Gasteiger partial charge < -0.3 is 14.2 Å². The first-order chi connectivity index (χ1) is 12.7. The molecule has 1 aromatic carbocycles. The number of hydrogen-bond acceptors (Lipinski definition) is 8. The Labute approximate surface area is 156 Å². The maximum absolute atomic E-state index is 12.9. The minimum absolute atomic E-state index is 0.0831. The molecule has 0 amide bonds. The molecule has 4 rings (SSSR count). The van der Waals surface area contributed by atoms with Crippen LogP contribution in [0.25, 0.3) is 10.2 Å².